The summed E-state index contributed by atoms with van der Waals surface area (Å²) < 4.78 is 0. The molecule has 0 spiro atoms. The van der Waals surface area contributed by atoms with Crippen LogP contribution < -0.4 is 5.32 Å². The van der Waals surface area contributed by atoms with Gasteiger partial charge in [-0.2, -0.15) is 5.26 Å². The Balaban J connectivity index is 2.16. The van der Waals surface area contributed by atoms with Gasteiger partial charge in [0.15, 0.2) is 0 Å². The number of hydrogen-bond donors (Lipinski definition) is 1. The quantitative estimate of drug-likeness (QED) is 0.884. The van der Waals surface area contributed by atoms with Gasteiger partial charge in [0.05, 0.1) is 5.56 Å². The molecule has 3 heteroatoms. The third-order valence-electron chi connectivity index (χ3n) is 4.34. The molecule has 1 saturated carbocycles. The van der Waals surface area contributed by atoms with Crippen molar-refractivity contribution in [3.63, 3.8) is 0 Å². The third-order valence-corrected chi connectivity index (χ3v) is 4.34. The molecule has 1 N–H and O–H groups in total. The number of pyridine rings is 1. The van der Waals surface area contributed by atoms with Crippen LogP contribution in [-0.4, -0.2) is 11.0 Å². The molecule has 3 atom stereocenters. The van der Waals surface area contributed by atoms with Gasteiger partial charge in [-0.1, -0.05) is 20.3 Å². The first-order valence-electron chi connectivity index (χ1n) is 6.79. The van der Waals surface area contributed by atoms with Crippen molar-refractivity contribution in [2.24, 2.45) is 11.8 Å². The van der Waals surface area contributed by atoms with E-state index in [1.165, 1.54) is 19.3 Å². The van der Waals surface area contributed by atoms with Gasteiger partial charge in [-0.05, 0) is 43.2 Å². The fraction of sp³-hybridized carbons (Fsp3) is 0.600. The predicted molar refractivity (Wildman–Crippen MR) is 73.3 cm³/mol. The van der Waals surface area contributed by atoms with Crippen LogP contribution in [0.4, 0.5) is 5.82 Å². The molecule has 0 bridgehead atoms. The molecule has 1 heterocycles. The maximum atomic E-state index is 9.21. The largest absolute Gasteiger partial charge is 0.366 e. The summed E-state index contributed by atoms with van der Waals surface area (Å²) >= 11 is 0. The van der Waals surface area contributed by atoms with Crippen molar-refractivity contribution in [3.8, 4) is 6.07 Å². The number of nitrogens with one attached hydrogen (secondary N) is 1. The van der Waals surface area contributed by atoms with Crippen LogP contribution in [0.5, 0.6) is 0 Å². The summed E-state index contributed by atoms with van der Waals surface area (Å²) in [6.07, 6.45) is 5.48. The Labute approximate surface area is 109 Å². The molecule has 0 aromatic carbocycles. The Hall–Kier alpha value is -1.56. The second-order valence-electron chi connectivity index (χ2n) is 5.32. The molecule has 1 aromatic heterocycles. The zero-order chi connectivity index (χ0) is 13.1. The Bertz CT molecular complexity index is 461. The first-order valence-corrected chi connectivity index (χ1v) is 6.79. The lowest BCUT2D eigenvalue weighted by atomic mass is 9.93. The molecule has 0 amide bonds. The van der Waals surface area contributed by atoms with Gasteiger partial charge in [0.1, 0.15) is 11.9 Å². The van der Waals surface area contributed by atoms with Crippen LogP contribution in [0.25, 0.3) is 0 Å². The molecule has 3 unspecified atom stereocenters. The van der Waals surface area contributed by atoms with Gasteiger partial charge in [0.25, 0.3) is 0 Å². The summed E-state index contributed by atoms with van der Waals surface area (Å²) in [6, 6.07) is 4.59. The number of nitriles is 1. The molecular formula is C15H21N3. The van der Waals surface area contributed by atoms with Crippen molar-refractivity contribution >= 4 is 5.82 Å². The number of aryl methyl sites for hydroxylation is 1. The SMILES string of the molecule is CCC1CCC(Nc2nccc(C)c2C#N)C1C. The standard InChI is InChI=1S/C15H21N3/c1-4-12-5-6-14(11(12)3)18-15-13(9-16)10(2)7-8-17-15/h7-8,11-12,14H,4-6H2,1-3H3,(H,17,18). The summed E-state index contributed by atoms with van der Waals surface area (Å²) in [4.78, 5) is 4.33. The van der Waals surface area contributed by atoms with E-state index in [4.69, 9.17) is 0 Å². The number of rotatable bonds is 3. The minimum absolute atomic E-state index is 0.455. The molecular weight excluding hydrogens is 222 g/mol. The summed E-state index contributed by atoms with van der Waals surface area (Å²) in [6.45, 7) is 6.52. The molecule has 3 nitrogen and oxygen atoms in total. The number of nitrogens with zero attached hydrogens (tertiary/aromatic N) is 2. The zero-order valence-corrected chi connectivity index (χ0v) is 11.4. The van der Waals surface area contributed by atoms with Crippen molar-refractivity contribution in [2.75, 3.05) is 5.32 Å². The fourth-order valence-electron chi connectivity index (χ4n) is 3.01. The molecule has 0 aliphatic heterocycles. The van der Waals surface area contributed by atoms with Crippen molar-refractivity contribution in [1.82, 2.24) is 4.98 Å². The Morgan fingerprint density at radius 1 is 1.50 bits per heavy atom. The average Bonchev–Trinajstić information content (AvgIpc) is 2.71. The molecule has 0 radical (unpaired) electrons. The smallest absolute Gasteiger partial charge is 0.144 e. The molecule has 1 aliphatic carbocycles. The lowest BCUT2D eigenvalue weighted by molar-refractivity contribution is 0.391. The predicted octanol–water partition coefficient (Wildman–Crippen LogP) is 3.50. The van der Waals surface area contributed by atoms with Crippen molar-refractivity contribution in [1.29, 1.82) is 5.26 Å². The summed E-state index contributed by atoms with van der Waals surface area (Å²) in [5, 5.41) is 12.7. The van der Waals surface area contributed by atoms with Crippen molar-refractivity contribution < 1.29 is 0 Å². The van der Waals surface area contributed by atoms with Crippen LogP contribution in [0.1, 0.15) is 44.2 Å². The van der Waals surface area contributed by atoms with Crippen LogP contribution in [0.15, 0.2) is 12.3 Å². The number of aromatic nitrogens is 1. The average molecular weight is 243 g/mol. The van der Waals surface area contributed by atoms with E-state index < -0.39 is 0 Å². The van der Waals surface area contributed by atoms with Gasteiger partial charge >= 0.3 is 0 Å². The van der Waals surface area contributed by atoms with E-state index in [1.54, 1.807) is 6.20 Å². The highest BCUT2D eigenvalue weighted by molar-refractivity contribution is 5.55. The summed E-state index contributed by atoms with van der Waals surface area (Å²) in [7, 11) is 0. The minimum atomic E-state index is 0.455. The molecule has 96 valence electrons. The van der Waals surface area contributed by atoms with E-state index in [2.05, 4.69) is 30.2 Å². The van der Waals surface area contributed by atoms with E-state index in [1.807, 2.05) is 13.0 Å². The van der Waals surface area contributed by atoms with Crippen LogP contribution in [0.3, 0.4) is 0 Å². The van der Waals surface area contributed by atoms with E-state index in [9.17, 15) is 5.26 Å². The normalized spacial score (nSPS) is 26.9. The molecule has 18 heavy (non-hydrogen) atoms. The van der Waals surface area contributed by atoms with Gasteiger partial charge in [0, 0.05) is 12.2 Å². The van der Waals surface area contributed by atoms with E-state index in [-0.39, 0.29) is 0 Å². The topological polar surface area (TPSA) is 48.7 Å². The van der Waals surface area contributed by atoms with Crippen LogP contribution in [0.2, 0.25) is 0 Å². The molecule has 1 fully saturated rings. The number of anilines is 1. The monoisotopic (exact) mass is 243 g/mol. The van der Waals surface area contributed by atoms with E-state index in [0.29, 0.717) is 17.5 Å². The van der Waals surface area contributed by atoms with Gasteiger partial charge in [-0.25, -0.2) is 4.98 Å². The lowest BCUT2D eigenvalue weighted by Crippen LogP contribution is -2.25. The summed E-state index contributed by atoms with van der Waals surface area (Å²) in [5.41, 5.74) is 1.68. The maximum absolute atomic E-state index is 9.21. The summed E-state index contributed by atoms with van der Waals surface area (Å²) in [5.74, 6) is 2.22. The highest BCUT2D eigenvalue weighted by Gasteiger charge is 2.32. The zero-order valence-electron chi connectivity index (χ0n) is 11.4. The Morgan fingerprint density at radius 2 is 2.28 bits per heavy atom. The van der Waals surface area contributed by atoms with Crippen molar-refractivity contribution in [3.05, 3.63) is 23.4 Å². The van der Waals surface area contributed by atoms with Gasteiger partial charge in [-0.15, -0.1) is 0 Å². The van der Waals surface area contributed by atoms with E-state index in [0.717, 1.165) is 17.3 Å². The molecule has 2 rings (SSSR count). The minimum Gasteiger partial charge on any atom is -0.366 e. The van der Waals surface area contributed by atoms with E-state index >= 15 is 0 Å². The highest BCUT2D eigenvalue weighted by Crippen LogP contribution is 2.35. The van der Waals surface area contributed by atoms with Crippen LogP contribution in [-0.2, 0) is 0 Å². The first-order chi connectivity index (χ1) is 8.67. The molecule has 1 aliphatic rings. The van der Waals surface area contributed by atoms with Gasteiger partial charge < -0.3 is 5.32 Å². The first kappa shape index (κ1) is 12.9. The number of hydrogen-bond acceptors (Lipinski definition) is 3. The molecule has 0 saturated heterocycles. The highest BCUT2D eigenvalue weighted by atomic mass is 15.0. The Morgan fingerprint density at radius 3 is 2.89 bits per heavy atom. The van der Waals surface area contributed by atoms with Crippen molar-refractivity contribution in [2.45, 2.75) is 46.1 Å². The third kappa shape index (κ3) is 2.33. The van der Waals surface area contributed by atoms with Gasteiger partial charge in [0.2, 0.25) is 0 Å². The fourth-order valence-corrected chi connectivity index (χ4v) is 3.01. The van der Waals surface area contributed by atoms with Gasteiger partial charge in [-0.3, -0.25) is 0 Å². The lowest BCUT2D eigenvalue weighted by Gasteiger charge is -2.22. The maximum Gasteiger partial charge on any atom is 0.144 e. The van der Waals surface area contributed by atoms with Crippen LogP contribution >= 0.6 is 0 Å². The Kier molecular flexibility index (Phi) is 3.86. The second-order valence-corrected chi connectivity index (χ2v) is 5.32. The second kappa shape index (κ2) is 5.39. The van der Waals surface area contributed by atoms with Crippen LogP contribution in [0, 0.1) is 30.1 Å². The molecule has 1 aromatic rings.